The van der Waals surface area contributed by atoms with Crippen molar-refractivity contribution in [2.75, 3.05) is 4.90 Å². The van der Waals surface area contributed by atoms with Gasteiger partial charge in [-0.15, -0.1) is 0 Å². The predicted molar refractivity (Wildman–Crippen MR) is 103 cm³/mol. The number of rotatable bonds is 1. The second-order valence-corrected chi connectivity index (χ2v) is 7.15. The van der Waals surface area contributed by atoms with E-state index in [0.717, 1.165) is 4.61 Å². The fraction of sp³-hybridized carbons (Fsp3) is 0.0909. The van der Waals surface area contributed by atoms with Crippen molar-refractivity contribution in [3.05, 3.63) is 101 Å². The van der Waals surface area contributed by atoms with Gasteiger partial charge in [-0.1, -0.05) is 66.7 Å². The predicted octanol–water partition coefficient (Wildman–Crippen LogP) is 6.25. The monoisotopic (exact) mass is 373 g/mol. The Morgan fingerprint density at radius 2 is 1.25 bits per heavy atom. The van der Waals surface area contributed by atoms with Crippen LogP contribution in [0.25, 0.3) is 11.1 Å². The summed E-state index contributed by atoms with van der Waals surface area (Å²) in [5, 5.41) is 0. The summed E-state index contributed by atoms with van der Waals surface area (Å²) in [6.07, 6.45) is 2.35. The Labute approximate surface area is 150 Å². The lowest BCUT2D eigenvalue weighted by molar-refractivity contribution is 0.651. The smallest absolute Gasteiger partial charge is 0.0823 e. The average Bonchev–Trinajstić information content (AvgIpc) is 3.00. The lowest BCUT2D eigenvalue weighted by Crippen LogP contribution is -2.27. The molecule has 2 heteroatoms. The third-order valence-electron chi connectivity index (χ3n) is 5.09. The molecule has 2 unspecified atom stereocenters. The molecule has 0 amide bonds. The molecule has 1 nitrogen and oxygen atoms in total. The van der Waals surface area contributed by atoms with Gasteiger partial charge in [0.05, 0.1) is 10.6 Å². The molecule has 0 spiro atoms. The molecule has 3 aromatic carbocycles. The van der Waals surface area contributed by atoms with Crippen LogP contribution in [-0.2, 0) is 0 Å². The van der Waals surface area contributed by atoms with E-state index < -0.39 is 0 Å². The molecule has 1 heterocycles. The molecule has 0 N–H and O–H groups in total. The van der Waals surface area contributed by atoms with Gasteiger partial charge in [-0.3, -0.25) is 0 Å². The van der Waals surface area contributed by atoms with Gasteiger partial charge in [0.25, 0.3) is 0 Å². The van der Waals surface area contributed by atoms with Crippen molar-refractivity contribution < 1.29 is 0 Å². The Hall–Kier alpha value is -2.32. The molecule has 2 atom stereocenters. The molecular weight excluding hydrogens is 358 g/mol. The average molecular weight is 374 g/mol. The molecule has 1 aliphatic carbocycles. The van der Waals surface area contributed by atoms with Crippen LogP contribution in [0, 0.1) is 0 Å². The van der Waals surface area contributed by atoms with Gasteiger partial charge >= 0.3 is 0 Å². The number of nitrogens with zero attached hydrogens (tertiary/aromatic N) is 1. The zero-order chi connectivity index (χ0) is 16.1. The van der Waals surface area contributed by atoms with Gasteiger partial charge in [0.15, 0.2) is 0 Å². The van der Waals surface area contributed by atoms with E-state index >= 15 is 0 Å². The summed E-state index contributed by atoms with van der Waals surface area (Å²) < 4.78 is 1.15. The maximum Gasteiger partial charge on any atom is 0.0823 e. The van der Waals surface area contributed by atoms with Gasteiger partial charge < -0.3 is 4.90 Å². The first-order valence-electron chi connectivity index (χ1n) is 8.24. The molecule has 2 aliphatic rings. The van der Waals surface area contributed by atoms with E-state index in [1.807, 2.05) is 0 Å². The van der Waals surface area contributed by atoms with Crippen LogP contribution in [0.3, 0.4) is 0 Å². The highest BCUT2D eigenvalue weighted by Gasteiger charge is 2.41. The first-order valence-corrected chi connectivity index (χ1v) is 9.04. The van der Waals surface area contributed by atoms with Crippen LogP contribution in [0.5, 0.6) is 0 Å². The van der Waals surface area contributed by atoms with Crippen LogP contribution in [0.4, 0.5) is 5.69 Å². The summed E-state index contributed by atoms with van der Waals surface area (Å²) >= 11 is 3.82. The normalized spacial score (nSPS) is 20.9. The largest absolute Gasteiger partial charge is 0.328 e. The molecule has 1 aliphatic heterocycles. The van der Waals surface area contributed by atoms with E-state index in [4.69, 9.17) is 0 Å². The van der Waals surface area contributed by atoms with E-state index in [1.54, 1.807) is 0 Å². The Morgan fingerprint density at radius 3 is 2.00 bits per heavy atom. The standard InChI is InChI=1S/C22H16BrN/c23-21-14-20-18-12-5-4-10-16(18)17-11-6-7-13-19(17)22(20)24(21)15-8-2-1-3-9-15/h1-14,20,22H. The van der Waals surface area contributed by atoms with Crippen molar-refractivity contribution in [2.24, 2.45) is 0 Å². The van der Waals surface area contributed by atoms with E-state index in [0.29, 0.717) is 12.0 Å². The van der Waals surface area contributed by atoms with Crippen molar-refractivity contribution in [2.45, 2.75) is 12.0 Å². The Balaban J connectivity index is 1.76. The first kappa shape index (κ1) is 14.1. The molecular formula is C22H16BrN. The van der Waals surface area contributed by atoms with Crippen LogP contribution in [-0.4, -0.2) is 0 Å². The lowest BCUT2D eigenvalue weighted by atomic mass is 9.76. The molecule has 0 bridgehead atoms. The second-order valence-electron chi connectivity index (χ2n) is 6.34. The van der Waals surface area contributed by atoms with E-state index in [9.17, 15) is 0 Å². The maximum atomic E-state index is 3.82. The first-order chi connectivity index (χ1) is 11.8. The minimum absolute atomic E-state index is 0.299. The third kappa shape index (κ3) is 1.93. The van der Waals surface area contributed by atoms with Crippen LogP contribution in [0.15, 0.2) is 89.5 Å². The second kappa shape index (κ2) is 5.35. The summed E-state index contributed by atoms with van der Waals surface area (Å²) in [4.78, 5) is 2.42. The highest BCUT2D eigenvalue weighted by molar-refractivity contribution is 9.11. The number of halogens is 1. The molecule has 0 aromatic heterocycles. The van der Waals surface area contributed by atoms with E-state index in [2.05, 4.69) is 106 Å². The SMILES string of the molecule is BrC1=CC2c3ccccc3-c3ccccc3C2N1c1ccccc1. The van der Waals surface area contributed by atoms with E-state index in [-0.39, 0.29) is 0 Å². The molecule has 116 valence electrons. The van der Waals surface area contributed by atoms with Crippen LogP contribution >= 0.6 is 15.9 Å². The summed E-state index contributed by atoms with van der Waals surface area (Å²) in [5.41, 5.74) is 6.75. The molecule has 5 rings (SSSR count). The van der Waals surface area contributed by atoms with Gasteiger partial charge in [-0.05, 0) is 56.4 Å². The molecule has 0 fully saturated rings. The maximum absolute atomic E-state index is 3.82. The number of hydrogen-bond acceptors (Lipinski definition) is 1. The lowest BCUT2D eigenvalue weighted by Gasteiger charge is -2.37. The van der Waals surface area contributed by atoms with Crippen molar-refractivity contribution in [1.82, 2.24) is 0 Å². The van der Waals surface area contributed by atoms with Gasteiger partial charge in [0.1, 0.15) is 0 Å². The topological polar surface area (TPSA) is 3.24 Å². The molecule has 3 aromatic rings. The molecule has 0 saturated heterocycles. The van der Waals surface area contributed by atoms with Crippen molar-refractivity contribution in [3.8, 4) is 11.1 Å². The number of hydrogen-bond donors (Lipinski definition) is 0. The minimum atomic E-state index is 0.299. The summed E-state index contributed by atoms with van der Waals surface area (Å²) in [7, 11) is 0. The Morgan fingerprint density at radius 1 is 0.667 bits per heavy atom. The quantitative estimate of drug-likeness (QED) is 0.455. The van der Waals surface area contributed by atoms with Crippen molar-refractivity contribution in [3.63, 3.8) is 0 Å². The van der Waals surface area contributed by atoms with Gasteiger partial charge in [0.2, 0.25) is 0 Å². The van der Waals surface area contributed by atoms with E-state index in [1.165, 1.54) is 27.9 Å². The van der Waals surface area contributed by atoms with Crippen molar-refractivity contribution in [1.29, 1.82) is 0 Å². The van der Waals surface area contributed by atoms with Crippen LogP contribution < -0.4 is 4.90 Å². The number of benzene rings is 3. The van der Waals surface area contributed by atoms with Crippen LogP contribution in [0.2, 0.25) is 0 Å². The van der Waals surface area contributed by atoms with Gasteiger partial charge in [-0.2, -0.15) is 0 Å². The number of fused-ring (bicyclic) bond motifs is 6. The van der Waals surface area contributed by atoms with Crippen molar-refractivity contribution >= 4 is 21.6 Å². The summed E-state index contributed by atoms with van der Waals surface area (Å²) in [5.74, 6) is 0.366. The molecule has 0 saturated carbocycles. The molecule has 24 heavy (non-hydrogen) atoms. The zero-order valence-electron chi connectivity index (χ0n) is 13.1. The third-order valence-corrected chi connectivity index (χ3v) is 5.74. The summed E-state index contributed by atoms with van der Waals surface area (Å²) in [6.45, 7) is 0. The summed E-state index contributed by atoms with van der Waals surface area (Å²) in [6, 6.07) is 28.6. The Bertz CT molecular complexity index is 945. The van der Waals surface area contributed by atoms with Crippen LogP contribution in [0.1, 0.15) is 23.1 Å². The highest BCUT2D eigenvalue weighted by Crippen LogP contribution is 2.55. The number of anilines is 1. The minimum Gasteiger partial charge on any atom is -0.328 e. The number of para-hydroxylation sites is 1. The Kier molecular flexibility index (Phi) is 3.14. The fourth-order valence-corrected chi connectivity index (χ4v) is 4.82. The van der Waals surface area contributed by atoms with Gasteiger partial charge in [0, 0.05) is 11.6 Å². The van der Waals surface area contributed by atoms with Gasteiger partial charge in [-0.25, -0.2) is 0 Å². The molecule has 0 radical (unpaired) electrons. The zero-order valence-corrected chi connectivity index (χ0v) is 14.6. The highest BCUT2D eigenvalue weighted by atomic mass is 79.9. The fourth-order valence-electron chi connectivity index (χ4n) is 4.11.